The van der Waals surface area contributed by atoms with Crippen molar-refractivity contribution in [1.82, 2.24) is 15.5 Å². The molecule has 7 nitrogen and oxygen atoms in total. The van der Waals surface area contributed by atoms with Crippen LogP contribution in [0.5, 0.6) is 5.75 Å². The fourth-order valence-electron chi connectivity index (χ4n) is 2.72. The van der Waals surface area contributed by atoms with Crippen molar-refractivity contribution in [2.45, 2.75) is 19.0 Å². The number of benzene rings is 1. The Morgan fingerprint density at radius 1 is 1.42 bits per heavy atom. The molecular formula is C17H25N3O4. The van der Waals surface area contributed by atoms with Crippen molar-refractivity contribution in [2.24, 2.45) is 0 Å². The number of hydrogen-bond donors (Lipinski definition) is 2. The molecule has 1 fully saturated rings. The monoisotopic (exact) mass is 335 g/mol. The van der Waals surface area contributed by atoms with Crippen LogP contribution in [0.3, 0.4) is 0 Å². The zero-order valence-corrected chi connectivity index (χ0v) is 14.2. The molecule has 1 saturated heterocycles. The summed E-state index contributed by atoms with van der Waals surface area (Å²) in [7, 11) is 3.21. The minimum Gasteiger partial charge on any atom is -0.497 e. The van der Waals surface area contributed by atoms with Crippen LogP contribution in [0.15, 0.2) is 24.3 Å². The van der Waals surface area contributed by atoms with Gasteiger partial charge in [-0.05, 0) is 17.7 Å². The zero-order valence-electron chi connectivity index (χ0n) is 14.2. The first-order valence-corrected chi connectivity index (χ1v) is 8.04. The lowest BCUT2D eigenvalue weighted by atomic mass is 10.1. The van der Waals surface area contributed by atoms with E-state index >= 15 is 0 Å². The van der Waals surface area contributed by atoms with Crippen molar-refractivity contribution in [3.05, 3.63) is 29.8 Å². The number of nitrogens with zero attached hydrogens (tertiary/aromatic N) is 1. The molecule has 0 radical (unpaired) electrons. The lowest BCUT2D eigenvalue weighted by Crippen LogP contribution is -2.56. The van der Waals surface area contributed by atoms with Crippen LogP contribution >= 0.6 is 0 Å². The highest BCUT2D eigenvalue weighted by molar-refractivity contribution is 5.88. The van der Waals surface area contributed by atoms with Crippen molar-refractivity contribution in [1.29, 1.82) is 0 Å². The van der Waals surface area contributed by atoms with Gasteiger partial charge in [-0.2, -0.15) is 0 Å². The van der Waals surface area contributed by atoms with E-state index in [4.69, 9.17) is 9.47 Å². The molecule has 132 valence electrons. The minimum absolute atomic E-state index is 0.106. The Hall–Kier alpha value is -2.12. The maximum atomic E-state index is 12.2. The average molecular weight is 335 g/mol. The Labute approximate surface area is 142 Å². The van der Waals surface area contributed by atoms with Crippen LogP contribution < -0.4 is 15.4 Å². The fraction of sp³-hybridized carbons (Fsp3) is 0.529. The Morgan fingerprint density at radius 2 is 2.25 bits per heavy atom. The summed E-state index contributed by atoms with van der Waals surface area (Å²) >= 11 is 0. The topological polar surface area (TPSA) is 79.9 Å². The summed E-state index contributed by atoms with van der Waals surface area (Å²) in [5.74, 6) is 0.526. The molecule has 1 unspecified atom stereocenters. The number of carbonyl (C=O) groups excluding carboxylic acids is 2. The molecule has 0 aliphatic carbocycles. The smallest absolute Gasteiger partial charge is 0.237 e. The summed E-state index contributed by atoms with van der Waals surface area (Å²) in [6, 6.07) is 7.28. The molecule has 0 bridgehead atoms. The molecule has 24 heavy (non-hydrogen) atoms. The second-order valence-electron chi connectivity index (χ2n) is 5.68. The van der Waals surface area contributed by atoms with E-state index in [1.807, 2.05) is 29.2 Å². The number of methoxy groups -OCH3 is 2. The molecule has 2 rings (SSSR count). The average Bonchev–Trinajstić information content (AvgIpc) is 2.58. The first kappa shape index (κ1) is 18.2. The summed E-state index contributed by atoms with van der Waals surface area (Å²) in [4.78, 5) is 26.3. The van der Waals surface area contributed by atoms with Gasteiger partial charge in [0, 0.05) is 33.3 Å². The largest absolute Gasteiger partial charge is 0.497 e. The molecule has 1 aliphatic rings. The Bertz CT molecular complexity index is 565. The molecule has 1 atom stereocenters. The van der Waals surface area contributed by atoms with Crippen molar-refractivity contribution in [3.8, 4) is 5.75 Å². The maximum absolute atomic E-state index is 12.2. The van der Waals surface area contributed by atoms with Gasteiger partial charge in [0.15, 0.2) is 0 Å². The van der Waals surface area contributed by atoms with Crippen LogP contribution in [-0.4, -0.2) is 63.2 Å². The number of amides is 2. The van der Waals surface area contributed by atoms with Crippen molar-refractivity contribution < 1.29 is 19.1 Å². The van der Waals surface area contributed by atoms with Crippen LogP contribution in [0.1, 0.15) is 12.0 Å². The number of rotatable bonds is 8. The highest BCUT2D eigenvalue weighted by Crippen LogP contribution is 2.17. The van der Waals surface area contributed by atoms with E-state index in [1.165, 1.54) is 0 Å². The van der Waals surface area contributed by atoms with E-state index in [-0.39, 0.29) is 18.2 Å². The van der Waals surface area contributed by atoms with E-state index in [0.717, 1.165) is 11.3 Å². The highest BCUT2D eigenvalue weighted by Gasteiger charge is 2.31. The van der Waals surface area contributed by atoms with Gasteiger partial charge in [0.05, 0.1) is 26.2 Å². The van der Waals surface area contributed by atoms with E-state index < -0.39 is 6.04 Å². The number of nitrogens with one attached hydrogen (secondary N) is 2. The molecule has 2 N–H and O–H groups in total. The molecule has 7 heteroatoms. The van der Waals surface area contributed by atoms with E-state index in [0.29, 0.717) is 32.8 Å². The van der Waals surface area contributed by atoms with Crippen LogP contribution in [-0.2, 0) is 20.9 Å². The summed E-state index contributed by atoms with van der Waals surface area (Å²) in [5, 5.41) is 5.60. The van der Waals surface area contributed by atoms with Crippen LogP contribution in [0.4, 0.5) is 0 Å². The van der Waals surface area contributed by atoms with Gasteiger partial charge in [-0.3, -0.25) is 14.5 Å². The number of ether oxygens (including phenoxy) is 2. The highest BCUT2D eigenvalue weighted by atomic mass is 16.5. The third-order valence-electron chi connectivity index (χ3n) is 3.97. The molecule has 1 aromatic rings. The molecular weight excluding hydrogens is 310 g/mol. The lowest BCUT2D eigenvalue weighted by Gasteiger charge is -2.34. The third kappa shape index (κ3) is 5.21. The molecule has 0 saturated carbocycles. The van der Waals surface area contributed by atoms with Gasteiger partial charge < -0.3 is 20.1 Å². The predicted octanol–water partition coefficient (Wildman–Crippen LogP) is 0.148. The van der Waals surface area contributed by atoms with Crippen LogP contribution in [0.2, 0.25) is 0 Å². The summed E-state index contributed by atoms with van der Waals surface area (Å²) in [6.45, 7) is 2.79. The van der Waals surface area contributed by atoms with Gasteiger partial charge in [-0.25, -0.2) is 0 Å². The van der Waals surface area contributed by atoms with Gasteiger partial charge in [0.1, 0.15) is 5.75 Å². The minimum atomic E-state index is -0.465. The Balaban J connectivity index is 1.99. The van der Waals surface area contributed by atoms with Gasteiger partial charge in [-0.15, -0.1) is 0 Å². The summed E-state index contributed by atoms with van der Waals surface area (Å²) in [6.07, 6.45) is 0.138. The fourth-order valence-corrected chi connectivity index (χ4v) is 2.72. The first-order chi connectivity index (χ1) is 11.6. The summed E-state index contributed by atoms with van der Waals surface area (Å²) in [5.41, 5.74) is 1.05. The lowest BCUT2D eigenvalue weighted by molar-refractivity contribution is -0.134. The Kier molecular flexibility index (Phi) is 7.02. The number of carbonyl (C=O) groups is 2. The van der Waals surface area contributed by atoms with Crippen molar-refractivity contribution in [2.75, 3.05) is 40.5 Å². The van der Waals surface area contributed by atoms with Crippen LogP contribution in [0.25, 0.3) is 0 Å². The van der Waals surface area contributed by atoms with Gasteiger partial charge in [-0.1, -0.05) is 12.1 Å². The van der Waals surface area contributed by atoms with Crippen LogP contribution in [0, 0.1) is 0 Å². The van der Waals surface area contributed by atoms with Gasteiger partial charge in [0.2, 0.25) is 11.8 Å². The van der Waals surface area contributed by atoms with Gasteiger partial charge >= 0.3 is 0 Å². The molecule has 1 aliphatic heterocycles. The van der Waals surface area contributed by atoms with Crippen molar-refractivity contribution in [3.63, 3.8) is 0 Å². The summed E-state index contributed by atoms with van der Waals surface area (Å²) < 4.78 is 10.1. The second-order valence-corrected chi connectivity index (χ2v) is 5.68. The SMILES string of the molecule is COCCNC(=O)CC1C(=O)NCCN1Cc1cccc(OC)c1. The van der Waals surface area contributed by atoms with E-state index in [1.54, 1.807) is 14.2 Å². The molecule has 1 heterocycles. The third-order valence-corrected chi connectivity index (χ3v) is 3.97. The van der Waals surface area contributed by atoms with E-state index in [2.05, 4.69) is 10.6 Å². The number of piperazine rings is 1. The standard InChI is InChI=1S/C17H25N3O4/c1-23-9-7-18-16(21)11-15-17(22)19-6-8-20(15)12-13-4-3-5-14(10-13)24-2/h3-5,10,15H,6-9,11-12H2,1-2H3,(H,18,21)(H,19,22). The van der Waals surface area contributed by atoms with E-state index in [9.17, 15) is 9.59 Å². The first-order valence-electron chi connectivity index (χ1n) is 8.04. The molecule has 2 amide bonds. The number of hydrogen-bond acceptors (Lipinski definition) is 5. The molecule has 0 aromatic heterocycles. The predicted molar refractivity (Wildman–Crippen MR) is 89.7 cm³/mol. The second kappa shape index (κ2) is 9.24. The molecule has 1 aromatic carbocycles. The zero-order chi connectivity index (χ0) is 17.4. The van der Waals surface area contributed by atoms with Gasteiger partial charge in [0.25, 0.3) is 0 Å². The Morgan fingerprint density at radius 3 is 3.00 bits per heavy atom. The van der Waals surface area contributed by atoms with Crippen molar-refractivity contribution >= 4 is 11.8 Å². The quantitative estimate of drug-likeness (QED) is 0.661. The maximum Gasteiger partial charge on any atom is 0.237 e. The molecule has 0 spiro atoms. The normalized spacial score (nSPS) is 18.1.